The second-order valence-corrected chi connectivity index (χ2v) is 4.19. The average Bonchev–Trinajstić information content (AvgIpc) is 2.33. The first-order valence-electron chi connectivity index (χ1n) is 6.57. The summed E-state index contributed by atoms with van der Waals surface area (Å²) in [4.78, 5) is 4.47. The van der Waals surface area contributed by atoms with Crippen molar-refractivity contribution >= 4 is 0 Å². The molecule has 0 aromatic carbocycles. The Hall–Kier alpha value is -1.13. The van der Waals surface area contributed by atoms with Crippen LogP contribution in [0.5, 0.6) is 5.88 Å². The number of nitrogens with zero attached hydrogens (tertiary/aromatic N) is 1. The molecule has 0 spiro atoms. The van der Waals surface area contributed by atoms with Gasteiger partial charge in [0, 0.05) is 24.4 Å². The Morgan fingerprint density at radius 3 is 2.67 bits per heavy atom. The molecular weight excluding hydrogens is 228 g/mol. The highest BCUT2D eigenvalue weighted by molar-refractivity contribution is 5.35. The third-order valence-corrected chi connectivity index (χ3v) is 2.66. The zero-order chi connectivity index (χ0) is 13.4. The lowest BCUT2D eigenvalue weighted by Gasteiger charge is -2.14. The molecule has 102 valence electrons. The molecule has 0 atom stereocenters. The topological polar surface area (TPSA) is 43.4 Å². The van der Waals surface area contributed by atoms with Crippen LogP contribution in [0.1, 0.15) is 30.7 Å². The molecule has 0 saturated carbocycles. The number of ether oxygens (including phenoxy) is 2. The molecule has 0 radical (unpaired) electrons. The Morgan fingerprint density at radius 2 is 2.00 bits per heavy atom. The van der Waals surface area contributed by atoms with Gasteiger partial charge in [0.05, 0.1) is 6.61 Å². The largest absolute Gasteiger partial charge is 0.475 e. The smallest absolute Gasteiger partial charge is 0.218 e. The fraction of sp³-hybridized carbons (Fsp3) is 0.643. The van der Waals surface area contributed by atoms with E-state index in [-0.39, 0.29) is 0 Å². The molecule has 1 aromatic heterocycles. The molecule has 1 aromatic rings. The predicted octanol–water partition coefficient (Wildman–Crippen LogP) is 2.22. The molecule has 0 fully saturated rings. The van der Waals surface area contributed by atoms with Gasteiger partial charge in [0.2, 0.25) is 5.88 Å². The molecule has 1 heterocycles. The van der Waals surface area contributed by atoms with Crippen molar-refractivity contribution in [1.29, 1.82) is 0 Å². The SMILES string of the molecule is CCNCc1c(C)cc(C)nc1OCCOCC. The molecule has 0 amide bonds. The molecule has 0 bridgehead atoms. The summed E-state index contributed by atoms with van der Waals surface area (Å²) in [6.07, 6.45) is 0. The van der Waals surface area contributed by atoms with E-state index in [0.29, 0.717) is 19.8 Å². The zero-order valence-electron chi connectivity index (χ0n) is 11.9. The Bertz CT molecular complexity index is 367. The van der Waals surface area contributed by atoms with Gasteiger partial charge in [0.15, 0.2) is 0 Å². The van der Waals surface area contributed by atoms with Crippen LogP contribution in [0.4, 0.5) is 0 Å². The summed E-state index contributed by atoms with van der Waals surface area (Å²) < 4.78 is 11.0. The molecular formula is C14H24N2O2. The van der Waals surface area contributed by atoms with E-state index >= 15 is 0 Å². The number of nitrogens with one attached hydrogen (secondary N) is 1. The first-order chi connectivity index (χ1) is 8.69. The van der Waals surface area contributed by atoms with Gasteiger partial charge in [-0.15, -0.1) is 0 Å². The van der Waals surface area contributed by atoms with Crippen LogP contribution < -0.4 is 10.1 Å². The summed E-state index contributed by atoms with van der Waals surface area (Å²) in [5.74, 6) is 0.730. The van der Waals surface area contributed by atoms with Crippen LogP contribution >= 0.6 is 0 Å². The first kappa shape index (κ1) is 14.9. The summed E-state index contributed by atoms with van der Waals surface area (Å²) in [5.41, 5.74) is 3.34. The van der Waals surface area contributed by atoms with E-state index in [1.165, 1.54) is 5.56 Å². The lowest BCUT2D eigenvalue weighted by atomic mass is 10.1. The van der Waals surface area contributed by atoms with Crippen LogP contribution in [0.25, 0.3) is 0 Å². The van der Waals surface area contributed by atoms with Gasteiger partial charge in [-0.2, -0.15) is 0 Å². The van der Waals surface area contributed by atoms with E-state index in [1.807, 2.05) is 13.8 Å². The van der Waals surface area contributed by atoms with Gasteiger partial charge < -0.3 is 14.8 Å². The van der Waals surface area contributed by atoms with Crippen molar-refractivity contribution in [3.8, 4) is 5.88 Å². The van der Waals surface area contributed by atoms with Crippen LogP contribution in [0.3, 0.4) is 0 Å². The average molecular weight is 252 g/mol. The predicted molar refractivity (Wildman–Crippen MR) is 73.1 cm³/mol. The first-order valence-corrected chi connectivity index (χ1v) is 6.57. The second-order valence-electron chi connectivity index (χ2n) is 4.19. The van der Waals surface area contributed by atoms with Gasteiger partial charge in [0.25, 0.3) is 0 Å². The van der Waals surface area contributed by atoms with E-state index in [2.05, 4.69) is 30.2 Å². The van der Waals surface area contributed by atoms with Gasteiger partial charge in [-0.25, -0.2) is 4.98 Å². The molecule has 18 heavy (non-hydrogen) atoms. The molecule has 1 rings (SSSR count). The Kier molecular flexibility index (Phi) is 6.68. The quantitative estimate of drug-likeness (QED) is 0.720. The molecule has 4 nitrogen and oxygen atoms in total. The van der Waals surface area contributed by atoms with Crippen molar-refractivity contribution in [2.24, 2.45) is 0 Å². The normalized spacial score (nSPS) is 10.7. The minimum atomic E-state index is 0.545. The molecule has 0 aliphatic carbocycles. The Morgan fingerprint density at radius 1 is 1.22 bits per heavy atom. The number of rotatable bonds is 8. The third kappa shape index (κ3) is 4.63. The van der Waals surface area contributed by atoms with Gasteiger partial charge in [0.1, 0.15) is 6.61 Å². The van der Waals surface area contributed by atoms with Crippen LogP contribution in [-0.4, -0.2) is 31.3 Å². The number of hydrogen-bond acceptors (Lipinski definition) is 4. The zero-order valence-corrected chi connectivity index (χ0v) is 11.9. The Labute approximate surface area is 110 Å². The molecule has 1 N–H and O–H groups in total. The maximum absolute atomic E-state index is 5.72. The fourth-order valence-corrected chi connectivity index (χ4v) is 1.76. The fourth-order valence-electron chi connectivity index (χ4n) is 1.76. The van der Waals surface area contributed by atoms with Gasteiger partial charge >= 0.3 is 0 Å². The van der Waals surface area contributed by atoms with Crippen LogP contribution in [0, 0.1) is 13.8 Å². The summed E-state index contributed by atoms with van der Waals surface area (Å²) >= 11 is 0. The standard InChI is InChI=1S/C14H24N2O2/c1-5-15-10-13-11(3)9-12(4)16-14(13)18-8-7-17-6-2/h9,15H,5-8,10H2,1-4H3. The van der Waals surface area contributed by atoms with Crippen molar-refractivity contribution in [1.82, 2.24) is 10.3 Å². The van der Waals surface area contributed by atoms with Gasteiger partial charge in [-0.05, 0) is 38.9 Å². The molecule has 0 unspecified atom stereocenters. The summed E-state index contributed by atoms with van der Waals surface area (Å²) in [5, 5.41) is 3.32. The second kappa shape index (κ2) is 8.06. The third-order valence-electron chi connectivity index (χ3n) is 2.66. The number of aryl methyl sites for hydroxylation is 2. The van der Waals surface area contributed by atoms with Crippen LogP contribution in [0.15, 0.2) is 6.07 Å². The van der Waals surface area contributed by atoms with Gasteiger partial charge in [-0.3, -0.25) is 0 Å². The van der Waals surface area contributed by atoms with Crippen molar-refractivity contribution in [3.63, 3.8) is 0 Å². The summed E-state index contributed by atoms with van der Waals surface area (Å²) in [6.45, 7) is 11.7. The summed E-state index contributed by atoms with van der Waals surface area (Å²) in [6, 6.07) is 2.09. The lowest BCUT2D eigenvalue weighted by Crippen LogP contribution is -2.16. The molecule has 4 heteroatoms. The summed E-state index contributed by atoms with van der Waals surface area (Å²) in [7, 11) is 0. The minimum absolute atomic E-state index is 0.545. The number of hydrogen-bond donors (Lipinski definition) is 1. The molecule has 0 aliphatic heterocycles. The lowest BCUT2D eigenvalue weighted by molar-refractivity contribution is 0.108. The van der Waals surface area contributed by atoms with Crippen molar-refractivity contribution in [3.05, 3.63) is 22.9 Å². The highest BCUT2D eigenvalue weighted by Gasteiger charge is 2.09. The van der Waals surface area contributed by atoms with E-state index in [1.54, 1.807) is 0 Å². The van der Waals surface area contributed by atoms with Crippen molar-refractivity contribution in [2.75, 3.05) is 26.4 Å². The maximum Gasteiger partial charge on any atom is 0.218 e. The highest BCUT2D eigenvalue weighted by atomic mass is 16.5. The van der Waals surface area contributed by atoms with Crippen molar-refractivity contribution in [2.45, 2.75) is 34.2 Å². The number of pyridine rings is 1. The van der Waals surface area contributed by atoms with Crippen molar-refractivity contribution < 1.29 is 9.47 Å². The van der Waals surface area contributed by atoms with E-state index in [0.717, 1.165) is 30.2 Å². The molecule has 0 aliphatic rings. The van der Waals surface area contributed by atoms with Crippen LogP contribution in [0.2, 0.25) is 0 Å². The highest BCUT2D eigenvalue weighted by Crippen LogP contribution is 2.20. The van der Waals surface area contributed by atoms with E-state index < -0.39 is 0 Å². The minimum Gasteiger partial charge on any atom is -0.475 e. The molecule has 0 saturated heterocycles. The maximum atomic E-state index is 5.72. The van der Waals surface area contributed by atoms with E-state index in [9.17, 15) is 0 Å². The Balaban J connectivity index is 2.72. The van der Waals surface area contributed by atoms with Gasteiger partial charge in [-0.1, -0.05) is 6.92 Å². The van der Waals surface area contributed by atoms with E-state index in [4.69, 9.17) is 9.47 Å². The van der Waals surface area contributed by atoms with Crippen LogP contribution in [-0.2, 0) is 11.3 Å². The monoisotopic (exact) mass is 252 g/mol. The number of aromatic nitrogens is 1.